The van der Waals surface area contributed by atoms with Gasteiger partial charge in [0, 0.05) is 18.7 Å². The third-order valence-electron chi connectivity index (χ3n) is 3.67. The van der Waals surface area contributed by atoms with Gasteiger partial charge < -0.3 is 5.43 Å². The van der Waals surface area contributed by atoms with Crippen molar-refractivity contribution >= 4 is 32.0 Å². The number of sulfonamides is 1. The molecule has 0 unspecified atom stereocenters. The van der Waals surface area contributed by atoms with E-state index in [9.17, 15) is 18.5 Å². The van der Waals surface area contributed by atoms with Crippen LogP contribution < -0.4 is 11.3 Å². The molecule has 2 saturated carbocycles. The van der Waals surface area contributed by atoms with Crippen LogP contribution in [-0.2, 0) is 10.0 Å². The lowest BCUT2D eigenvalue weighted by atomic mass is 10.4. The molecule has 2 fully saturated rings. The number of hydrogen-bond acceptors (Lipinski definition) is 7. The van der Waals surface area contributed by atoms with Crippen LogP contribution in [0.5, 0.6) is 0 Å². The maximum atomic E-state index is 12.7. The zero-order valence-corrected chi connectivity index (χ0v) is 12.8. The van der Waals surface area contributed by atoms with E-state index in [1.165, 1.54) is 4.31 Å². The van der Waals surface area contributed by atoms with Crippen molar-refractivity contribution in [3.8, 4) is 0 Å². The molecule has 8 nitrogen and oxygen atoms in total. The number of hydrazine groups is 1. The molecule has 0 bridgehead atoms. The molecule has 0 radical (unpaired) electrons. The van der Waals surface area contributed by atoms with E-state index in [2.05, 4.69) is 5.43 Å². The Bertz CT molecular complexity index is 664. The molecule has 3 N–H and O–H groups in total. The molecule has 0 amide bonds. The second-order valence-corrected chi connectivity index (χ2v) is 8.60. The molecule has 21 heavy (non-hydrogen) atoms. The summed E-state index contributed by atoms with van der Waals surface area (Å²) in [6.45, 7) is 0.518. The van der Waals surface area contributed by atoms with E-state index in [1.54, 1.807) is 0 Å². The zero-order valence-electron chi connectivity index (χ0n) is 11.2. The number of nitrogens with one attached hydrogen (secondary N) is 1. The first kappa shape index (κ1) is 14.7. The highest BCUT2D eigenvalue weighted by atomic mass is 32.2. The second-order valence-electron chi connectivity index (χ2n) is 5.43. The van der Waals surface area contributed by atoms with Crippen LogP contribution in [0.2, 0.25) is 0 Å². The Morgan fingerprint density at radius 2 is 2.10 bits per heavy atom. The summed E-state index contributed by atoms with van der Waals surface area (Å²) in [5.41, 5.74) is 1.90. The summed E-state index contributed by atoms with van der Waals surface area (Å²) in [6, 6.07) is 1.14. The van der Waals surface area contributed by atoms with Crippen LogP contribution >= 0.6 is 11.3 Å². The Kier molecular flexibility index (Phi) is 3.64. The van der Waals surface area contributed by atoms with Crippen LogP contribution in [0.25, 0.3) is 0 Å². The van der Waals surface area contributed by atoms with Crippen molar-refractivity contribution in [3.63, 3.8) is 0 Å². The molecule has 10 heteroatoms. The highest BCUT2D eigenvalue weighted by Gasteiger charge is 2.42. The van der Waals surface area contributed by atoms with E-state index in [0.717, 1.165) is 43.1 Å². The van der Waals surface area contributed by atoms with Gasteiger partial charge in [-0.05, 0) is 31.6 Å². The van der Waals surface area contributed by atoms with E-state index in [0.29, 0.717) is 12.5 Å². The van der Waals surface area contributed by atoms with Gasteiger partial charge in [-0.1, -0.05) is 11.3 Å². The lowest BCUT2D eigenvalue weighted by Gasteiger charge is -2.20. The van der Waals surface area contributed by atoms with Crippen molar-refractivity contribution in [2.75, 3.05) is 12.0 Å². The summed E-state index contributed by atoms with van der Waals surface area (Å²) >= 11 is 0.808. The van der Waals surface area contributed by atoms with E-state index in [-0.39, 0.29) is 20.9 Å². The number of nitrogens with zero attached hydrogens (tertiary/aromatic N) is 2. The normalized spacial score (nSPS) is 19.0. The monoisotopic (exact) mass is 332 g/mol. The molecule has 0 atom stereocenters. The standard InChI is InChI=1S/C11H16N4O4S2/c12-13-11-9(15(16)17)5-10(20-11)21(18,19)14(8-3-4-8)6-7-1-2-7/h5,7-8,13H,1-4,6,12H2. The first-order valence-electron chi connectivity index (χ1n) is 6.70. The number of hydrogen-bond donors (Lipinski definition) is 2. The summed E-state index contributed by atoms with van der Waals surface area (Å²) in [6.07, 6.45) is 3.83. The summed E-state index contributed by atoms with van der Waals surface area (Å²) in [5.74, 6) is 5.66. The predicted octanol–water partition coefficient (Wildman–Crippen LogP) is 1.50. The average molecular weight is 332 g/mol. The summed E-state index contributed by atoms with van der Waals surface area (Å²) in [4.78, 5) is 10.3. The topological polar surface area (TPSA) is 119 Å². The maximum Gasteiger partial charge on any atom is 0.306 e. The van der Waals surface area contributed by atoms with Crippen LogP contribution in [0.3, 0.4) is 0 Å². The fourth-order valence-electron chi connectivity index (χ4n) is 2.20. The Hall–Kier alpha value is -1.23. The maximum absolute atomic E-state index is 12.7. The van der Waals surface area contributed by atoms with Gasteiger partial charge in [-0.2, -0.15) is 4.31 Å². The molecular formula is C11H16N4O4S2. The Morgan fingerprint density at radius 1 is 1.43 bits per heavy atom. The van der Waals surface area contributed by atoms with Crippen molar-refractivity contribution in [1.82, 2.24) is 4.31 Å². The number of rotatable bonds is 7. The number of nitrogen functional groups attached to an aromatic ring is 1. The number of thiophene rings is 1. The summed E-state index contributed by atoms with van der Waals surface area (Å²) in [7, 11) is -3.69. The van der Waals surface area contributed by atoms with Gasteiger partial charge in [0.05, 0.1) is 4.92 Å². The van der Waals surface area contributed by atoms with Gasteiger partial charge in [0.15, 0.2) is 5.00 Å². The van der Waals surface area contributed by atoms with E-state index in [1.807, 2.05) is 0 Å². The lowest BCUT2D eigenvalue weighted by Crippen LogP contribution is -2.34. The number of nitrogens with two attached hydrogens (primary N) is 1. The van der Waals surface area contributed by atoms with Crippen molar-refractivity contribution in [2.24, 2.45) is 11.8 Å². The Balaban J connectivity index is 1.94. The van der Waals surface area contributed by atoms with Crippen LogP contribution in [-0.4, -0.2) is 30.2 Å². The van der Waals surface area contributed by atoms with E-state index in [4.69, 9.17) is 5.84 Å². The molecule has 1 heterocycles. The van der Waals surface area contributed by atoms with Crippen molar-refractivity contribution < 1.29 is 13.3 Å². The molecule has 2 aliphatic carbocycles. The first-order chi connectivity index (χ1) is 9.93. The fourth-order valence-corrected chi connectivity index (χ4v) is 5.33. The third-order valence-corrected chi connectivity index (χ3v) is 7.09. The minimum Gasteiger partial charge on any atom is -0.310 e. The third kappa shape index (κ3) is 2.89. The molecule has 116 valence electrons. The largest absolute Gasteiger partial charge is 0.310 e. The van der Waals surface area contributed by atoms with Crippen LogP contribution in [0.1, 0.15) is 25.7 Å². The van der Waals surface area contributed by atoms with Gasteiger partial charge >= 0.3 is 5.69 Å². The molecule has 3 rings (SSSR count). The van der Waals surface area contributed by atoms with Crippen molar-refractivity contribution in [1.29, 1.82) is 0 Å². The number of nitro groups is 1. The Morgan fingerprint density at radius 3 is 2.52 bits per heavy atom. The molecule has 0 aliphatic heterocycles. The lowest BCUT2D eigenvalue weighted by molar-refractivity contribution is -0.383. The van der Waals surface area contributed by atoms with Gasteiger partial charge in [-0.3, -0.25) is 10.1 Å². The highest BCUT2D eigenvalue weighted by Crippen LogP contribution is 2.42. The minimum absolute atomic E-state index is 0.0188. The van der Waals surface area contributed by atoms with Crippen LogP contribution in [0, 0.1) is 16.0 Å². The Labute approximate surface area is 126 Å². The molecular weight excluding hydrogens is 316 g/mol. The van der Waals surface area contributed by atoms with Gasteiger partial charge in [0.2, 0.25) is 0 Å². The fraction of sp³-hybridized carbons (Fsp3) is 0.636. The van der Waals surface area contributed by atoms with Gasteiger partial charge in [-0.25, -0.2) is 14.3 Å². The molecule has 0 aromatic carbocycles. The SMILES string of the molecule is NNc1sc(S(=O)(=O)N(CC2CC2)C2CC2)cc1[N+](=O)[O-]. The predicted molar refractivity (Wildman–Crippen MR) is 78.4 cm³/mol. The number of anilines is 1. The van der Waals surface area contributed by atoms with Gasteiger partial charge in [-0.15, -0.1) is 0 Å². The molecule has 1 aromatic rings. The zero-order chi connectivity index (χ0) is 15.2. The van der Waals surface area contributed by atoms with Crippen LogP contribution in [0.15, 0.2) is 10.3 Å². The molecule has 0 saturated heterocycles. The quantitative estimate of drug-likeness (QED) is 0.444. The second kappa shape index (κ2) is 5.20. The van der Waals surface area contributed by atoms with Crippen molar-refractivity contribution in [2.45, 2.75) is 35.9 Å². The summed E-state index contributed by atoms with van der Waals surface area (Å²) in [5, 5.41) is 11.0. The van der Waals surface area contributed by atoms with E-state index < -0.39 is 14.9 Å². The highest BCUT2D eigenvalue weighted by molar-refractivity contribution is 7.91. The van der Waals surface area contributed by atoms with Gasteiger partial charge in [0.25, 0.3) is 10.0 Å². The molecule has 1 aromatic heterocycles. The van der Waals surface area contributed by atoms with E-state index >= 15 is 0 Å². The van der Waals surface area contributed by atoms with Gasteiger partial charge in [0.1, 0.15) is 4.21 Å². The van der Waals surface area contributed by atoms with Crippen molar-refractivity contribution in [3.05, 3.63) is 16.2 Å². The molecule has 2 aliphatic rings. The smallest absolute Gasteiger partial charge is 0.306 e. The minimum atomic E-state index is -3.69. The first-order valence-corrected chi connectivity index (χ1v) is 8.96. The van der Waals surface area contributed by atoms with Crippen LogP contribution in [0.4, 0.5) is 10.7 Å². The summed E-state index contributed by atoms with van der Waals surface area (Å²) < 4.78 is 26.9. The molecule has 0 spiro atoms. The average Bonchev–Trinajstić information content (AvgIpc) is 3.33.